The molecule has 4 aromatic rings. The fourth-order valence-electron chi connectivity index (χ4n) is 3.34. The van der Waals surface area contributed by atoms with Gasteiger partial charge in [-0.05, 0) is 75.6 Å². The molecule has 0 radical (unpaired) electrons. The fraction of sp³-hybridized carbons (Fsp3) is 0.0800. The van der Waals surface area contributed by atoms with Crippen molar-refractivity contribution in [1.82, 2.24) is 9.97 Å². The van der Waals surface area contributed by atoms with Crippen molar-refractivity contribution in [3.05, 3.63) is 87.4 Å². The van der Waals surface area contributed by atoms with Crippen molar-refractivity contribution in [3.8, 4) is 17.6 Å². The van der Waals surface area contributed by atoms with Gasteiger partial charge in [0.05, 0.1) is 33.8 Å². The van der Waals surface area contributed by atoms with Crippen molar-refractivity contribution >= 4 is 44.6 Å². The van der Waals surface area contributed by atoms with Crippen molar-refractivity contribution in [3.63, 3.8) is 0 Å². The highest BCUT2D eigenvalue weighted by atomic mass is 79.9. The predicted molar refractivity (Wildman–Crippen MR) is 128 cm³/mol. The quantitative estimate of drug-likeness (QED) is 0.297. The first-order valence-corrected chi connectivity index (χ1v) is 10.8. The second kappa shape index (κ2) is 9.77. The number of halogens is 2. The number of fused-ring (bicyclic) bond motifs is 1. The second-order valence-corrected chi connectivity index (χ2v) is 8.10. The highest BCUT2D eigenvalue weighted by molar-refractivity contribution is 9.10. The zero-order valence-corrected chi connectivity index (χ0v) is 19.4. The van der Waals surface area contributed by atoms with Crippen LogP contribution in [0, 0.1) is 17.1 Å². The highest BCUT2D eigenvalue weighted by Gasteiger charge is 2.14. The maximum absolute atomic E-state index is 13.5. The Kier molecular flexibility index (Phi) is 6.61. The molecular weight excluding hydrogens is 505 g/mol. The van der Waals surface area contributed by atoms with Crippen LogP contribution in [-0.4, -0.2) is 28.2 Å². The minimum absolute atomic E-state index is 0.129. The molecule has 0 fully saturated rings. The first kappa shape index (κ1) is 23.0. The fourth-order valence-corrected chi connectivity index (χ4v) is 3.92. The lowest BCUT2D eigenvalue weighted by Gasteiger charge is -2.14. The molecule has 0 amide bonds. The first-order chi connectivity index (χ1) is 16.4. The monoisotopic (exact) mass is 521 g/mol. The third-order valence-electron chi connectivity index (χ3n) is 4.94. The standard InChI is InChI=1S/C25H17BrFN3O4/c1-33-22-10-15(8-17(12-28)24-29-20-6-5-18(27)11-21(20)30-24)9-19(26)23(22)34-13-14-3-2-4-16(7-14)25(31)32/h2-11H,13H2,1H3,(H,29,30)(H,31,32)/b17-8-. The van der Waals surface area contributed by atoms with E-state index in [1.807, 2.05) is 0 Å². The van der Waals surface area contributed by atoms with Gasteiger partial charge >= 0.3 is 5.97 Å². The van der Waals surface area contributed by atoms with Crippen LogP contribution >= 0.6 is 15.9 Å². The van der Waals surface area contributed by atoms with E-state index in [1.54, 1.807) is 30.3 Å². The molecule has 0 spiro atoms. The number of aromatic nitrogens is 2. The summed E-state index contributed by atoms with van der Waals surface area (Å²) in [5.74, 6) is -0.252. The highest BCUT2D eigenvalue weighted by Crippen LogP contribution is 2.38. The summed E-state index contributed by atoms with van der Waals surface area (Å²) in [6.07, 6.45) is 1.63. The van der Waals surface area contributed by atoms with Crippen LogP contribution in [0.15, 0.2) is 59.1 Å². The molecule has 170 valence electrons. The lowest BCUT2D eigenvalue weighted by molar-refractivity contribution is 0.0696. The molecule has 0 unspecified atom stereocenters. The van der Waals surface area contributed by atoms with Gasteiger partial charge in [-0.3, -0.25) is 0 Å². The van der Waals surface area contributed by atoms with Gasteiger partial charge in [0, 0.05) is 0 Å². The normalized spacial score (nSPS) is 11.3. The Bertz CT molecular complexity index is 1470. The van der Waals surface area contributed by atoms with Crippen molar-refractivity contribution < 1.29 is 23.8 Å². The van der Waals surface area contributed by atoms with Gasteiger partial charge in [0.1, 0.15) is 24.3 Å². The molecule has 0 saturated heterocycles. The maximum Gasteiger partial charge on any atom is 0.335 e. The number of H-pyrrole nitrogens is 1. The van der Waals surface area contributed by atoms with Crippen LogP contribution in [0.25, 0.3) is 22.7 Å². The van der Waals surface area contributed by atoms with E-state index >= 15 is 0 Å². The zero-order chi connectivity index (χ0) is 24.2. The third kappa shape index (κ3) is 4.92. The molecule has 7 nitrogen and oxygen atoms in total. The van der Waals surface area contributed by atoms with E-state index in [4.69, 9.17) is 14.6 Å². The Morgan fingerprint density at radius 3 is 2.82 bits per heavy atom. The number of nitrogens with zero attached hydrogens (tertiary/aromatic N) is 2. The SMILES string of the molecule is COc1cc(/C=C(/C#N)c2nc3ccc(F)cc3[nH]2)cc(Br)c1OCc1cccc(C(=O)O)c1. The van der Waals surface area contributed by atoms with E-state index in [1.165, 1.54) is 37.4 Å². The number of carboxylic acid groups (broad SMARTS) is 1. The molecule has 34 heavy (non-hydrogen) atoms. The Morgan fingerprint density at radius 1 is 1.26 bits per heavy atom. The number of nitrogens with one attached hydrogen (secondary N) is 1. The summed E-state index contributed by atoms with van der Waals surface area (Å²) in [4.78, 5) is 18.5. The Labute approximate surface area is 202 Å². The summed E-state index contributed by atoms with van der Waals surface area (Å²) in [5.41, 5.74) is 2.80. The van der Waals surface area contributed by atoms with Crippen molar-refractivity contribution in [1.29, 1.82) is 5.26 Å². The minimum Gasteiger partial charge on any atom is -0.493 e. The summed E-state index contributed by atoms with van der Waals surface area (Å²) in [5, 5.41) is 18.8. The molecule has 0 saturated carbocycles. The molecule has 2 N–H and O–H groups in total. The second-order valence-electron chi connectivity index (χ2n) is 7.25. The molecule has 3 aromatic carbocycles. The van der Waals surface area contributed by atoms with Crippen LogP contribution in [0.3, 0.4) is 0 Å². The van der Waals surface area contributed by atoms with Gasteiger partial charge < -0.3 is 19.6 Å². The number of hydrogen-bond acceptors (Lipinski definition) is 5. The van der Waals surface area contributed by atoms with E-state index in [-0.39, 0.29) is 17.7 Å². The molecule has 0 aliphatic heterocycles. The maximum atomic E-state index is 13.5. The summed E-state index contributed by atoms with van der Waals surface area (Å²) < 4.78 is 25.4. The summed E-state index contributed by atoms with van der Waals surface area (Å²) >= 11 is 3.48. The number of nitriles is 1. The molecule has 0 aliphatic rings. The average Bonchev–Trinajstić information content (AvgIpc) is 3.24. The zero-order valence-electron chi connectivity index (χ0n) is 17.8. The average molecular weight is 522 g/mol. The van der Waals surface area contributed by atoms with Crippen LogP contribution < -0.4 is 9.47 Å². The Balaban J connectivity index is 1.62. The number of methoxy groups -OCH3 is 1. The van der Waals surface area contributed by atoms with Gasteiger partial charge in [-0.1, -0.05) is 12.1 Å². The first-order valence-electron chi connectivity index (χ1n) is 9.98. The van der Waals surface area contributed by atoms with Gasteiger partial charge in [-0.2, -0.15) is 5.26 Å². The van der Waals surface area contributed by atoms with E-state index in [9.17, 15) is 14.4 Å². The molecule has 0 aliphatic carbocycles. The van der Waals surface area contributed by atoms with Crippen LogP contribution in [0.5, 0.6) is 11.5 Å². The number of hydrogen-bond donors (Lipinski definition) is 2. The van der Waals surface area contributed by atoms with E-state index in [0.717, 1.165) is 0 Å². The largest absolute Gasteiger partial charge is 0.493 e. The number of carbonyl (C=O) groups is 1. The molecule has 1 heterocycles. The van der Waals surface area contributed by atoms with Crippen LogP contribution in [-0.2, 0) is 6.61 Å². The van der Waals surface area contributed by atoms with E-state index in [2.05, 4.69) is 32.0 Å². The van der Waals surface area contributed by atoms with Crippen LogP contribution in [0.2, 0.25) is 0 Å². The van der Waals surface area contributed by atoms with Crippen molar-refractivity contribution in [2.24, 2.45) is 0 Å². The summed E-state index contributed by atoms with van der Waals surface area (Å²) in [6, 6.07) is 16.2. The third-order valence-corrected chi connectivity index (χ3v) is 5.53. The lowest BCUT2D eigenvalue weighted by Crippen LogP contribution is -2.02. The van der Waals surface area contributed by atoms with E-state index in [0.29, 0.717) is 44.0 Å². The smallest absolute Gasteiger partial charge is 0.335 e. The number of benzene rings is 3. The number of allylic oxidation sites excluding steroid dienone is 1. The van der Waals surface area contributed by atoms with E-state index < -0.39 is 11.8 Å². The van der Waals surface area contributed by atoms with Gasteiger partial charge in [0.15, 0.2) is 11.5 Å². The van der Waals surface area contributed by atoms with Crippen LogP contribution in [0.1, 0.15) is 27.3 Å². The van der Waals surface area contributed by atoms with Crippen molar-refractivity contribution in [2.45, 2.75) is 6.61 Å². The lowest BCUT2D eigenvalue weighted by atomic mass is 10.1. The van der Waals surface area contributed by atoms with Gasteiger partial charge in [0.2, 0.25) is 0 Å². The molecule has 4 rings (SSSR count). The number of ether oxygens (including phenoxy) is 2. The predicted octanol–water partition coefficient (Wildman–Crippen LogP) is 5.81. The number of aromatic carboxylic acids is 1. The molecular formula is C25H17BrFN3O4. The number of carboxylic acids is 1. The molecule has 9 heteroatoms. The van der Waals surface area contributed by atoms with Crippen LogP contribution in [0.4, 0.5) is 4.39 Å². The molecule has 0 atom stereocenters. The van der Waals surface area contributed by atoms with Gasteiger partial charge in [0.25, 0.3) is 0 Å². The van der Waals surface area contributed by atoms with Gasteiger partial charge in [-0.25, -0.2) is 14.2 Å². The van der Waals surface area contributed by atoms with Gasteiger partial charge in [-0.15, -0.1) is 0 Å². The topological polar surface area (TPSA) is 108 Å². The molecule has 1 aromatic heterocycles. The Hall–Kier alpha value is -4.16. The summed E-state index contributed by atoms with van der Waals surface area (Å²) in [7, 11) is 1.49. The van der Waals surface area contributed by atoms with Crippen molar-refractivity contribution in [2.75, 3.05) is 7.11 Å². The minimum atomic E-state index is -1.01. The summed E-state index contributed by atoms with van der Waals surface area (Å²) in [6.45, 7) is 0.129. The molecule has 0 bridgehead atoms. The Morgan fingerprint density at radius 2 is 2.09 bits per heavy atom. The number of aromatic amines is 1. The number of rotatable bonds is 7. The number of imidazole rings is 1.